The van der Waals surface area contributed by atoms with Crippen LogP contribution in [0, 0.1) is 0 Å². The normalized spacial score (nSPS) is 16.2. The van der Waals surface area contributed by atoms with Gasteiger partial charge in [0, 0.05) is 12.5 Å². The molecule has 0 aromatic carbocycles. The lowest BCUT2D eigenvalue weighted by molar-refractivity contribution is -0.134. The molecule has 0 spiro atoms. The highest BCUT2D eigenvalue weighted by molar-refractivity contribution is 5.83. The van der Waals surface area contributed by atoms with E-state index in [2.05, 4.69) is 0 Å². The lowest BCUT2D eigenvalue weighted by atomic mass is 10.2. The SMILES string of the molecule is C/C=C/C=C/C(=O)OC1=CC=CCC1. The van der Waals surface area contributed by atoms with Gasteiger partial charge >= 0.3 is 5.97 Å². The van der Waals surface area contributed by atoms with Crippen LogP contribution in [0.4, 0.5) is 0 Å². The van der Waals surface area contributed by atoms with Crippen LogP contribution in [-0.4, -0.2) is 5.97 Å². The number of hydrogen-bond donors (Lipinski definition) is 0. The number of rotatable bonds is 3. The second kappa shape index (κ2) is 5.97. The summed E-state index contributed by atoms with van der Waals surface area (Å²) in [5.41, 5.74) is 0. The molecule has 2 heteroatoms. The Bertz CT molecular complexity index is 306. The van der Waals surface area contributed by atoms with Crippen LogP contribution in [0.15, 0.2) is 48.3 Å². The first-order valence-electron chi connectivity index (χ1n) is 4.70. The average molecular weight is 190 g/mol. The Balaban J connectivity index is 2.40. The second-order valence-electron chi connectivity index (χ2n) is 2.91. The van der Waals surface area contributed by atoms with E-state index in [4.69, 9.17) is 4.74 Å². The molecule has 0 atom stereocenters. The van der Waals surface area contributed by atoms with Crippen molar-refractivity contribution in [1.29, 1.82) is 0 Å². The van der Waals surface area contributed by atoms with E-state index < -0.39 is 0 Å². The maximum Gasteiger partial charge on any atom is 0.335 e. The van der Waals surface area contributed by atoms with E-state index in [0.29, 0.717) is 0 Å². The molecule has 1 aliphatic carbocycles. The van der Waals surface area contributed by atoms with Gasteiger partial charge in [0.1, 0.15) is 5.76 Å². The summed E-state index contributed by atoms with van der Waals surface area (Å²) in [6.45, 7) is 1.89. The minimum Gasteiger partial charge on any atom is -0.428 e. The van der Waals surface area contributed by atoms with Crippen molar-refractivity contribution in [2.24, 2.45) is 0 Å². The third-order valence-electron chi connectivity index (χ3n) is 1.74. The molecular weight excluding hydrogens is 176 g/mol. The van der Waals surface area contributed by atoms with Gasteiger partial charge in [0.25, 0.3) is 0 Å². The molecule has 0 aliphatic heterocycles. The molecule has 0 bridgehead atoms. The molecule has 2 nitrogen and oxygen atoms in total. The monoisotopic (exact) mass is 190 g/mol. The number of ether oxygens (including phenoxy) is 1. The van der Waals surface area contributed by atoms with Crippen molar-refractivity contribution in [2.45, 2.75) is 19.8 Å². The van der Waals surface area contributed by atoms with Gasteiger partial charge in [0.2, 0.25) is 0 Å². The number of allylic oxidation sites excluding steroid dienone is 7. The minimum atomic E-state index is -0.315. The zero-order chi connectivity index (χ0) is 10.2. The molecule has 0 radical (unpaired) electrons. The molecule has 74 valence electrons. The van der Waals surface area contributed by atoms with E-state index in [0.717, 1.165) is 18.6 Å². The van der Waals surface area contributed by atoms with Crippen LogP contribution >= 0.6 is 0 Å². The highest BCUT2D eigenvalue weighted by atomic mass is 16.5. The number of esters is 1. The lowest BCUT2D eigenvalue weighted by Crippen LogP contribution is -2.01. The Morgan fingerprint density at radius 3 is 3.00 bits per heavy atom. The van der Waals surface area contributed by atoms with E-state index in [-0.39, 0.29) is 5.97 Å². The van der Waals surface area contributed by atoms with E-state index in [1.54, 1.807) is 12.2 Å². The summed E-state index contributed by atoms with van der Waals surface area (Å²) in [5, 5.41) is 0. The first-order valence-corrected chi connectivity index (χ1v) is 4.70. The Kier molecular flexibility index (Phi) is 4.48. The Hall–Kier alpha value is -1.57. The third kappa shape index (κ3) is 3.90. The van der Waals surface area contributed by atoms with Gasteiger partial charge in [-0.2, -0.15) is 0 Å². The number of carbonyl (C=O) groups excluding carboxylic acids is 1. The summed E-state index contributed by atoms with van der Waals surface area (Å²) in [7, 11) is 0. The predicted octanol–water partition coefficient (Wildman–Crippen LogP) is 2.90. The van der Waals surface area contributed by atoms with Crippen LogP contribution in [-0.2, 0) is 9.53 Å². The molecule has 0 aromatic heterocycles. The molecule has 0 amide bonds. The molecule has 14 heavy (non-hydrogen) atoms. The first kappa shape index (κ1) is 10.5. The largest absolute Gasteiger partial charge is 0.428 e. The van der Waals surface area contributed by atoms with Crippen molar-refractivity contribution in [1.82, 2.24) is 0 Å². The summed E-state index contributed by atoms with van der Waals surface area (Å²) < 4.78 is 5.09. The number of carbonyl (C=O) groups is 1. The zero-order valence-corrected chi connectivity index (χ0v) is 8.27. The molecular formula is C12H14O2. The van der Waals surface area contributed by atoms with Crippen molar-refractivity contribution >= 4 is 5.97 Å². The molecule has 0 saturated heterocycles. The van der Waals surface area contributed by atoms with Crippen LogP contribution in [0.25, 0.3) is 0 Å². The van der Waals surface area contributed by atoms with Gasteiger partial charge < -0.3 is 4.74 Å². The Labute approximate surface area is 84.3 Å². The van der Waals surface area contributed by atoms with E-state index in [1.165, 1.54) is 6.08 Å². The van der Waals surface area contributed by atoms with Crippen molar-refractivity contribution in [3.8, 4) is 0 Å². The van der Waals surface area contributed by atoms with E-state index in [9.17, 15) is 4.79 Å². The zero-order valence-electron chi connectivity index (χ0n) is 8.27. The van der Waals surface area contributed by atoms with Gasteiger partial charge in [-0.05, 0) is 19.4 Å². The predicted molar refractivity (Wildman–Crippen MR) is 56.5 cm³/mol. The first-order chi connectivity index (χ1) is 6.83. The van der Waals surface area contributed by atoms with Gasteiger partial charge in [0.15, 0.2) is 0 Å². The molecule has 1 aliphatic rings. The molecule has 0 unspecified atom stereocenters. The van der Waals surface area contributed by atoms with Crippen molar-refractivity contribution < 1.29 is 9.53 Å². The summed E-state index contributed by atoms with van der Waals surface area (Å²) in [4.78, 5) is 11.2. The molecule has 1 rings (SSSR count). The Morgan fingerprint density at radius 1 is 1.50 bits per heavy atom. The molecule has 0 heterocycles. The summed E-state index contributed by atoms with van der Waals surface area (Å²) in [6.07, 6.45) is 14.3. The summed E-state index contributed by atoms with van der Waals surface area (Å²) in [6, 6.07) is 0. The highest BCUT2D eigenvalue weighted by Gasteiger charge is 2.04. The van der Waals surface area contributed by atoms with Gasteiger partial charge in [-0.3, -0.25) is 0 Å². The topological polar surface area (TPSA) is 26.3 Å². The maximum absolute atomic E-state index is 11.2. The molecule has 0 N–H and O–H groups in total. The second-order valence-corrected chi connectivity index (χ2v) is 2.91. The highest BCUT2D eigenvalue weighted by Crippen LogP contribution is 2.12. The van der Waals surface area contributed by atoms with Crippen LogP contribution in [0.1, 0.15) is 19.8 Å². The third-order valence-corrected chi connectivity index (χ3v) is 1.74. The lowest BCUT2D eigenvalue weighted by Gasteiger charge is -2.07. The molecule has 0 saturated carbocycles. The van der Waals surface area contributed by atoms with Gasteiger partial charge in [-0.1, -0.05) is 30.4 Å². The maximum atomic E-state index is 11.2. The van der Waals surface area contributed by atoms with Crippen molar-refractivity contribution in [3.63, 3.8) is 0 Å². The van der Waals surface area contributed by atoms with Crippen LogP contribution in [0.5, 0.6) is 0 Å². The van der Waals surface area contributed by atoms with Crippen LogP contribution in [0.2, 0.25) is 0 Å². The van der Waals surface area contributed by atoms with Crippen LogP contribution in [0.3, 0.4) is 0 Å². The van der Waals surface area contributed by atoms with Crippen molar-refractivity contribution in [3.05, 3.63) is 48.3 Å². The quantitative estimate of drug-likeness (QED) is 0.388. The standard InChI is InChI=1S/C12H14O2/c1-2-3-5-10-12(13)14-11-8-6-4-7-9-11/h2-6,8,10H,7,9H2,1H3/b3-2+,10-5+. The van der Waals surface area contributed by atoms with E-state index >= 15 is 0 Å². The van der Waals surface area contributed by atoms with Gasteiger partial charge in [-0.25, -0.2) is 4.79 Å². The summed E-state index contributed by atoms with van der Waals surface area (Å²) in [5.74, 6) is 0.423. The number of hydrogen-bond acceptors (Lipinski definition) is 2. The minimum absolute atomic E-state index is 0.315. The molecule has 0 aromatic rings. The smallest absolute Gasteiger partial charge is 0.335 e. The summed E-state index contributed by atoms with van der Waals surface area (Å²) >= 11 is 0. The van der Waals surface area contributed by atoms with E-state index in [1.807, 2.05) is 31.2 Å². The van der Waals surface area contributed by atoms with Gasteiger partial charge in [0.05, 0.1) is 0 Å². The average Bonchev–Trinajstić information content (AvgIpc) is 2.20. The van der Waals surface area contributed by atoms with Gasteiger partial charge in [-0.15, -0.1) is 0 Å². The fraction of sp³-hybridized carbons (Fsp3) is 0.250. The fourth-order valence-corrected chi connectivity index (χ4v) is 1.07. The fourth-order valence-electron chi connectivity index (χ4n) is 1.07. The van der Waals surface area contributed by atoms with Crippen LogP contribution < -0.4 is 0 Å². The van der Waals surface area contributed by atoms with Crippen molar-refractivity contribution in [2.75, 3.05) is 0 Å². The Morgan fingerprint density at radius 2 is 2.36 bits per heavy atom. The molecule has 0 fully saturated rings.